The second-order valence-electron chi connectivity index (χ2n) is 1.82. The SMILES string of the molecule is C1=CN(c2cccs2)NS1. The zero-order valence-corrected chi connectivity index (χ0v) is 6.78. The van der Waals surface area contributed by atoms with Crippen molar-refractivity contribution in [3.63, 3.8) is 0 Å². The molecule has 1 aromatic rings. The topological polar surface area (TPSA) is 15.3 Å². The van der Waals surface area contributed by atoms with E-state index >= 15 is 0 Å². The van der Waals surface area contributed by atoms with Gasteiger partial charge < -0.3 is 0 Å². The van der Waals surface area contributed by atoms with Crippen LogP contribution in [0.4, 0.5) is 5.00 Å². The fourth-order valence-electron chi connectivity index (χ4n) is 0.734. The van der Waals surface area contributed by atoms with Crippen molar-refractivity contribution >= 4 is 28.3 Å². The van der Waals surface area contributed by atoms with Gasteiger partial charge in [0.2, 0.25) is 0 Å². The Morgan fingerprint density at radius 3 is 3.10 bits per heavy atom. The van der Waals surface area contributed by atoms with Gasteiger partial charge >= 0.3 is 0 Å². The minimum absolute atomic E-state index is 1.22. The molecule has 1 aliphatic rings. The molecule has 10 heavy (non-hydrogen) atoms. The highest BCUT2D eigenvalue weighted by atomic mass is 32.2. The number of rotatable bonds is 1. The Hall–Kier alpha value is -0.450. The highest BCUT2D eigenvalue weighted by Gasteiger charge is 2.05. The number of anilines is 1. The van der Waals surface area contributed by atoms with E-state index in [1.54, 1.807) is 23.3 Å². The standard InChI is InChI=1S/C6H6N2S2/c1-2-6(9-4-1)8-3-5-10-7-8/h1-5,7H. The van der Waals surface area contributed by atoms with E-state index in [0.717, 1.165) is 0 Å². The molecule has 4 heteroatoms. The van der Waals surface area contributed by atoms with Gasteiger partial charge in [0.1, 0.15) is 5.00 Å². The van der Waals surface area contributed by atoms with Crippen LogP contribution >= 0.6 is 23.3 Å². The number of nitrogens with one attached hydrogen (secondary N) is 1. The van der Waals surface area contributed by atoms with Crippen LogP contribution in [-0.4, -0.2) is 0 Å². The van der Waals surface area contributed by atoms with Crippen molar-refractivity contribution in [3.8, 4) is 0 Å². The Kier molecular flexibility index (Phi) is 1.66. The summed E-state index contributed by atoms with van der Waals surface area (Å²) in [4.78, 5) is 3.11. The Morgan fingerprint density at radius 1 is 1.50 bits per heavy atom. The van der Waals surface area contributed by atoms with Gasteiger partial charge in [0, 0.05) is 11.6 Å². The second-order valence-corrected chi connectivity index (χ2v) is 3.43. The molecule has 2 nitrogen and oxygen atoms in total. The Morgan fingerprint density at radius 2 is 2.50 bits per heavy atom. The Bertz CT molecular complexity index is 230. The van der Waals surface area contributed by atoms with Gasteiger partial charge in [-0.15, -0.1) is 11.3 Å². The largest absolute Gasteiger partial charge is 0.264 e. The van der Waals surface area contributed by atoms with Crippen molar-refractivity contribution in [1.82, 2.24) is 4.83 Å². The minimum Gasteiger partial charge on any atom is -0.264 e. The molecule has 1 aliphatic heterocycles. The van der Waals surface area contributed by atoms with E-state index in [1.807, 2.05) is 22.7 Å². The molecule has 0 amide bonds. The van der Waals surface area contributed by atoms with Gasteiger partial charge in [0.25, 0.3) is 0 Å². The van der Waals surface area contributed by atoms with Crippen LogP contribution in [0.3, 0.4) is 0 Å². The summed E-state index contributed by atoms with van der Waals surface area (Å²) >= 11 is 3.30. The first kappa shape index (κ1) is 6.27. The van der Waals surface area contributed by atoms with Gasteiger partial charge in [0.05, 0.1) is 0 Å². The van der Waals surface area contributed by atoms with Crippen molar-refractivity contribution in [2.24, 2.45) is 0 Å². The Labute approximate surface area is 67.6 Å². The molecule has 0 unspecified atom stereocenters. The van der Waals surface area contributed by atoms with E-state index in [1.165, 1.54) is 5.00 Å². The highest BCUT2D eigenvalue weighted by Crippen LogP contribution is 2.23. The molecule has 0 aromatic carbocycles. The summed E-state index contributed by atoms with van der Waals surface area (Å²) in [5.41, 5.74) is 0. The van der Waals surface area contributed by atoms with Gasteiger partial charge in [-0.05, 0) is 29.5 Å². The predicted molar refractivity (Wildman–Crippen MR) is 46.7 cm³/mol. The van der Waals surface area contributed by atoms with E-state index in [-0.39, 0.29) is 0 Å². The molecule has 0 bridgehead atoms. The van der Waals surface area contributed by atoms with Gasteiger partial charge in [-0.2, -0.15) is 4.83 Å². The van der Waals surface area contributed by atoms with Gasteiger partial charge in [0.15, 0.2) is 0 Å². The summed E-state index contributed by atoms with van der Waals surface area (Å²) in [5.74, 6) is 0. The third-order valence-electron chi connectivity index (χ3n) is 1.17. The minimum atomic E-state index is 1.22. The van der Waals surface area contributed by atoms with Crippen LogP contribution in [0.2, 0.25) is 0 Å². The molecule has 2 rings (SSSR count). The molecule has 0 fully saturated rings. The zero-order chi connectivity index (χ0) is 6.81. The van der Waals surface area contributed by atoms with Crippen molar-refractivity contribution in [3.05, 3.63) is 29.1 Å². The molecule has 1 aromatic heterocycles. The van der Waals surface area contributed by atoms with Crippen LogP contribution in [0.15, 0.2) is 29.1 Å². The number of nitrogens with zero attached hydrogens (tertiary/aromatic N) is 1. The van der Waals surface area contributed by atoms with E-state index < -0.39 is 0 Å². The lowest BCUT2D eigenvalue weighted by Crippen LogP contribution is -2.21. The molecule has 0 atom stereocenters. The highest BCUT2D eigenvalue weighted by molar-refractivity contribution is 8.00. The van der Waals surface area contributed by atoms with Crippen LogP contribution in [0.1, 0.15) is 0 Å². The molecule has 2 heterocycles. The molecule has 0 radical (unpaired) electrons. The van der Waals surface area contributed by atoms with Crippen molar-refractivity contribution in [2.45, 2.75) is 0 Å². The van der Waals surface area contributed by atoms with E-state index in [9.17, 15) is 0 Å². The molecule has 1 N–H and O–H groups in total. The van der Waals surface area contributed by atoms with Crippen LogP contribution in [0, 0.1) is 0 Å². The average molecular weight is 170 g/mol. The lowest BCUT2D eigenvalue weighted by atomic mass is 10.6. The van der Waals surface area contributed by atoms with Gasteiger partial charge in [-0.25, -0.2) is 0 Å². The lowest BCUT2D eigenvalue weighted by Gasteiger charge is -2.10. The van der Waals surface area contributed by atoms with Crippen molar-refractivity contribution < 1.29 is 0 Å². The first-order chi connectivity index (χ1) is 4.97. The maximum Gasteiger partial charge on any atom is 0.110 e. The monoisotopic (exact) mass is 170 g/mol. The van der Waals surface area contributed by atoms with E-state index in [0.29, 0.717) is 0 Å². The summed E-state index contributed by atoms with van der Waals surface area (Å²) in [7, 11) is 0. The smallest absolute Gasteiger partial charge is 0.110 e. The molecule has 0 saturated heterocycles. The Balaban J connectivity index is 2.20. The number of hydrogen-bond donors (Lipinski definition) is 1. The summed E-state index contributed by atoms with van der Waals surface area (Å²) in [6.45, 7) is 0. The summed E-state index contributed by atoms with van der Waals surface area (Å²) in [6.07, 6.45) is 2.01. The fourth-order valence-corrected chi connectivity index (χ4v) is 1.98. The molecule has 0 aliphatic carbocycles. The lowest BCUT2D eigenvalue weighted by molar-refractivity contribution is 1.02. The number of hydrogen-bond acceptors (Lipinski definition) is 4. The number of thiophene rings is 1. The summed E-state index contributed by atoms with van der Waals surface area (Å²) in [5, 5.41) is 7.30. The van der Waals surface area contributed by atoms with Crippen LogP contribution in [0.25, 0.3) is 0 Å². The van der Waals surface area contributed by atoms with Gasteiger partial charge in [-0.3, -0.25) is 5.01 Å². The molecule has 0 saturated carbocycles. The first-order valence-electron chi connectivity index (χ1n) is 2.87. The van der Waals surface area contributed by atoms with Crippen LogP contribution < -0.4 is 9.84 Å². The van der Waals surface area contributed by atoms with Crippen LogP contribution in [-0.2, 0) is 0 Å². The third-order valence-corrected chi connectivity index (χ3v) is 2.60. The predicted octanol–water partition coefficient (Wildman–Crippen LogP) is 2.19. The fraction of sp³-hybridized carbons (Fsp3) is 0. The average Bonchev–Trinajstić information content (AvgIpc) is 2.59. The quantitative estimate of drug-likeness (QED) is 0.650. The van der Waals surface area contributed by atoms with E-state index in [2.05, 4.69) is 16.3 Å². The summed E-state index contributed by atoms with van der Waals surface area (Å²) < 4.78 is 0. The van der Waals surface area contributed by atoms with Gasteiger partial charge in [-0.1, -0.05) is 0 Å². The van der Waals surface area contributed by atoms with Crippen molar-refractivity contribution in [2.75, 3.05) is 5.01 Å². The first-order valence-corrected chi connectivity index (χ1v) is 4.63. The summed E-state index contributed by atoms with van der Waals surface area (Å²) in [6, 6.07) is 4.12. The normalized spacial score (nSPS) is 16.6. The number of hydrazine groups is 1. The molecular formula is C6H6N2S2. The maximum atomic E-state index is 3.11. The molecule has 52 valence electrons. The van der Waals surface area contributed by atoms with Crippen LogP contribution in [0.5, 0.6) is 0 Å². The maximum absolute atomic E-state index is 3.11. The second kappa shape index (κ2) is 2.65. The van der Waals surface area contributed by atoms with E-state index in [4.69, 9.17) is 0 Å². The molecular weight excluding hydrogens is 164 g/mol. The third kappa shape index (κ3) is 1.05. The zero-order valence-electron chi connectivity index (χ0n) is 5.15. The molecule has 0 spiro atoms. The van der Waals surface area contributed by atoms with Crippen molar-refractivity contribution in [1.29, 1.82) is 0 Å².